The van der Waals surface area contributed by atoms with Gasteiger partial charge < -0.3 is 15.0 Å². The Labute approximate surface area is 217 Å². The van der Waals surface area contributed by atoms with Gasteiger partial charge in [0.1, 0.15) is 11.8 Å². The third kappa shape index (κ3) is 6.18. The Bertz CT molecular complexity index is 1380. The second-order valence-corrected chi connectivity index (χ2v) is 10.5. The summed E-state index contributed by atoms with van der Waals surface area (Å²) in [5.74, 6) is 0.193. The SMILES string of the molecule is CCC(=O)N1CCc2cc(S(=O)(=O)N[C@H](Cc3ccccc3)C(=O)NCc3ccccc3OC)ccc21. The molecule has 2 amide bonds. The fourth-order valence-electron chi connectivity index (χ4n) is 4.44. The van der Waals surface area contributed by atoms with E-state index in [1.165, 1.54) is 6.07 Å². The number of fused-ring (bicyclic) bond motifs is 1. The molecule has 1 aliphatic rings. The van der Waals surface area contributed by atoms with Gasteiger partial charge in [0.25, 0.3) is 0 Å². The summed E-state index contributed by atoms with van der Waals surface area (Å²) in [7, 11) is -2.47. The summed E-state index contributed by atoms with van der Waals surface area (Å²) >= 11 is 0. The summed E-state index contributed by atoms with van der Waals surface area (Å²) in [4.78, 5) is 27.2. The van der Waals surface area contributed by atoms with Gasteiger partial charge in [-0.05, 0) is 48.2 Å². The van der Waals surface area contributed by atoms with Gasteiger partial charge in [-0.2, -0.15) is 4.72 Å². The third-order valence-corrected chi connectivity index (χ3v) is 7.87. The Morgan fingerprint density at radius 2 is 1.76 bits per heavy atom. The van der Waals surface area contributed by atoms with Crippen LogP contribution in [0.15, 0.2) is 77.7 Å². The van der Waals surface area contributed by atoms with Crippen molar-refractivity contribution >= 4 is 27.5 Å². The summed E-state index contributed by atoms with van der Waals surface area (Å²) in [6, 6.07) is 20.3. The highest BCUT2D eigenvalue weighted by Gasteiger charge is 2.29. The van der Waals surface area contributed by atoms with E-state index in [2.05, 4.69) is 10.0 Å². The van der Waals surface area contributed by atoms with Gasteiger partial charge in [-0.1, -0.05) is 55.5 Å². The van der Waals surface area contributed by atoms with Gasteiger partial charge in [-0.15, -0.1) is 0 Å². The molecule has 9 heteroatoms. The number of methoxy groups -OCH3 is 1. The molecule has 0 unspecified atom stereocenters. The molecule has 8 nitrogen and oxygen atoms in total. The molecule has 1 heterocycles. The molecule has 3 aromatic carbocycles. The van der Waals surface area contributed by atoms with Crippen LogP contribution in [0.3, 0.4) is 0 Å². The molecule has 37 heavy (non-hydrogen) atoms. The number of nitrogens with one attached hydrogen (secondary N) is 2. The minimum absolute atomic E-state index is 0.00197. The molecular weight excluding hydrogens is 490 g/mol. The maximum Gasteiger partial charge on any atom is 0.241 e. The smallest absolute Gasteiger partial charge is 0.241 e. The van der Waals surface area contributed by atoms with Crippen molar-refractivity contribution in [3.63, 3.8) is 0 Å². The molecule has 0 fully saturated rings. The number of anilines is 1. The molecule has 0 radical (unpaired) electrons. The van der Waals surface area contributed by atoms with Gasteiger partial charge in [-0.25, -0.2) is 8.42 Å². The topological polar surface area (TPSA) is 105 Å². The molecule has 3 aromatic rings. The number of carbonyl (C=O) groups is 2. The number of sulfonamides is 1. The van der Waals surface area contributed by atoms with Crippen molar-refractivity contribution in [3.8, 4) is 5.75 Å². The molecule has 1 aliphatic heterocycles. The van der Waals surface area contributed by atoms with Crippen molar-refractivity contribution in [2.24, 2.45) is 0 Å². The number of nitrogens with zero attached hydrogens (tertiary/aromatic N) is 1. The molecule has 0 spiro atoms. The van der Waals surface area contributed by atoms with Crippen LogP contribution in [0.25, 0.3) is 0 Å². The van der Waals surface area contributed by atoms with Gasteiger partial charge in [0.2, 0.25) is 21.8 Å². The zero-order valence-electron chi connectivity index (χ0n) is 20.9. The summed E-state index contributed by atoms with van der Waals surface area (Å²) in [5, 5.41) is 2.84. The summed E-state index contributed by atoms with van der Waals surface area (Å²) in [6.07, 6.45) is 1.14. The summed E-state index contributed by atoms with van der Waals surface area (Å²) < 4.78 is 34.7. The Hall–Kier alpha value is -3.69. The molecule has 1 atom stereocenters. The van der Waals surface area contributed by atoms with Gasteiger partial charge in [0, 0.05) is 30.8 Å². The first-order chi connectivity index (χ1) is 17.8. The van der Waals surface area contributed by atoms with E-state index in [-0.39, 0.29) is 23.8 Å². The molecule has 0 bridgehead atoms. The second kappa shape index (κ2) is 11.6. The molecule has 2 N–H and O–H groups in total. The van der Waals surface area contributed by atoms with Crippen molar-refractivity contribution < 1.29 is 22.7 Å². The normalized spacial score (nSPS) is 13.6. The van der Waals surface area contributed by atoms with E-state index in [1.54, 1.807) is 37.1 Å². The highest BCUT2D eigenvalue weighted by Crippen LogP contribution is 2.30. The maximum absolute atomic E-state index is 13.4. The van der Waals surface area contributed by atoms with Crippen LogP contribution in [0.2, 0.25) is 0 Å². The monoisotopic (exact) mass is 521 g/mol. The van der Waals surface area contributed by atoms with Gasteiger partial charge >= 0.3 is 0 Å². The molecular formula is C28H31N3O5S. The summed E-state index contributed by atoms with van der Waals surface area (Å²) in [6.45, 7) is 2.52. The second-order valence-electron chi connectivity index (χ2n) is 8.83. The van der Waals surface area contributed by atoms with Crippen LogP contribution in [0, 0.1) is 0 Å². The standard InChI is InChI=1S/C28H31N3O5S/c1-3-27(32)31-16-15-21-18-23(13-14-25(21)31)37(34,35)30-24(17-20-9-5-4-6-10-20)28(33)29-19-22-11-7-8-12-26(22)36-2/h4-14,18,24,30H,3,15-17,19H2,1-2H3,(H,29,33)/t24-/m1/s1. The predicted molar refractivity (Wildman–Crippen MR) is 142 cm³/mol. The largest absolute Gasteiger partial charge is 0.496 e. The molecule has 0 aliphatic carbocycles. The average molecular weight is 522 g/mol. The van der Waals surface area contributed by atoms with Gasteiger partial charge in [0.15, 0.2) is 0 Å². The van der Waals surface area contributed by atoms with Crippen LogP contribution < -0.4 is 19.7 Å². The predicted octanol–water partition coefficient (Wildman–Crippen LogP) is 3.20. The Kier molecular flexibility index (Phi) is 8.25. The van der Waals surface area contributed by atoms with E-state index in [0.717, 1.165) is 22.4 Å². The lowest BCUT2D eigenvalue weighted by molar-refractivity contribution is -0.123. The van der Waals surface area contributed by atoms with E-state index in [9.17, 15) is 18.0 Å². The highest BCUT2D eigenvalue weighted by atomic mass is 32.2. The molecule has 4 rings (SSSR count). The fourth-order valence-corrected chi connectivity index (χ4v) is 5.69. The number of para-hydroxylation sites is 1. The maximum atomic E-state index is 13.4. The quantitative estimate of drug-likeness (QED) is 0.426. The molecule has 0 aromatic heterocycles. The number of hydrogen-bond donors (Lipinski definition) is 2. The van der Waals surface area contributed by atoms with Crippen molar-refractivity contribution in [1.82, 2.24) is 10.0 Å². The first-order valence-electron chi connectivity index (χ1n) is 12.2. The minimum atomic E-state index is -4.02. The van der Waals surface area contributed by atoms with E-state index in [0.29, 0.717) is 25.1 Å². The van der Waals surface area contributed by atoms with Gasteiger partial charge in [-0.3, -0.25) is 9.59 Å². The summed E-state index contributed by atoms with van der Waals surface area (Å²) in [5.41, 5.74) is 3.14. The zero-order valence-corrected chi connectivity index (χ0v) is 21.8. The van der Waals surface area contributed by atoms with E-state index < -0.39 is 22.0 Å². The number of benzene rings is 3. The van der Waals surface area contributed by atoms with Crippen molar-refractivity contribution in [2.45, 2.75) is 43.7 Å². The molecule has 0 saturated carbocycles. The highest BCUT2D eigenvalue weighted by molar-refractivity contribution is 7.89. The van der Waals surface area contributed by atoms with E-state index in [1.807, 2.05) is 48.5 Å². The van der Waals surface area contributed by atoms with E-state index in [4.69, 9.17) is 4.74 Å². The van der Waals surface area contributed by atoms with Crippen LogP contribution in [0.4, 0.5) is 5.69 Å². The van der Waals surface area contributed by atoms with Crippen molar-refractivity contribution in [3.05, 3.63) is 89.5 Å². The van der Waals surface area contributed by atoms with E-state index >= 15 is 0 Å². The Morgan fingerprint density at radius 3 is 2.49 bits per heavy atom. The lowest BCUT2D eigenvalue weighted by atomic mass is 10.1. The average Bonchev–Trinajstić information content (AvgIpc) is 3.35. The fraction of sp³-hybridized carbons (Fsp3) is 0.286. The molecule has 0 saturated heterocycles. The minimum Gasteiger partial charge on any atom is -0.496 e. The van der Waals surface area contributed by atoms with Gasteiger partial charge in [0.05, 0.1) is 12.0 Å². The lowest BCUT2D eigenvalue weighted by Gasteiger charge is -2.20. The number of hydrogen-bond acceptors (Lipinski definition) is 5. The number of amides is 2. The third-order valence-electron chi connectivity index (χ3n) is 6.40. The number of ether oxygens (including phenoxy) is 1. The Balaban J connectivity index is 1.55. The molecule has 194 valence electrons. The first-order valence-corrected chi connectivity index (χ1v) is 13.7. The van der Waals surface area contributed by atoms with Crippen LogP contribution in [-0.4, -0.2) is 39.9 Å². The van der Waals surface area contributed by atoms with Crippen molar-refractivity contribution in [1.29, 1.82) is 0 Å². The lowest BCUT2D eigenvalue weighted by Crippen LogP contribution is -2.47. The first kappa shape index (κ1) is 26.4. The van der Waals surface area contributed by atoms with Crippen molar-refractivity contribution in [2.75, 3.05) is 18.6 Å². The van der Waals surface area contributed by atoms with Crippen LogP contribution in [-0.2, 0) is 39.0 Å². The number of carbonyl (C=O) groups excluding carboxylic acids is 2. The van der Waals surface area contributed by atoms with Crippen LogP contribution >= 0.6 is 0 Å². The number of rotatable bonds is 10. The van der Waals surface area contributed by atoms with Crippen LogP contribution in [0.5, 0.6) is 5.75 Å². The van der Waals surface area contributed by atoms with Crippen LogP contribution in [0.1, 0.15) is 30.0 Å². The zero-order chi connectivity index (χ0) is 26.4. The Morgan fingerprint density at radius 1 is 1.03 bits per heavy atom.